The summed E-state index contributed by atoms with van der Waals surface area (Å²) in [5.41, 5.74) is 1.58. The number of benzene rings is 1. The van der Waals surface area contributed by atoms with Gasteiger partial charge in [-0.25, -0.2) is 4.79 Å². The summed E-state index contributed by atoms with van der Waals surface area (Å²) in [6.45, 7) is 2.06. The molecule has 3 heterocycles. The minimum atomic E-state index is -0.122. The summed E-state index contributed by atoms with van der Waals surface area (Å²) in [4.78, 5) is 30.0. The van der Waals surface area contributed by atoms with E-state index < -0.39 is 0 Å². The molecular weight excluding hydrogens is 316 g/mol. The first-order valence-electron chi connectivity index (χ1n) is 9.22. The molecule has 0 N–H and O–H groups in total. The zero-order valence-corrected chi connectivity index (χ0v) is 15.0. The molecule has 0 bridgehead atoms. The molecule has 1 aromatic heterocycles. The van der Waals surface area contributed by atoms with Crippen molar-refractivity contribution >= 4 is 16.9 Å². The Labute approximate surface area is 147 Å². The molecule has 2 fully saturated rings. The zero-order chi connectivity index (χ0) is 17.6. The van der Waals surface area contributed by atoms with Crippen LogP contribution in [-0.2, 0) is 18.4 Å². The summed E-state index contributed by atoms with van der Waals surface area (Å²) in [7, 11) is 3.92. The number of rotatable bonds is 3. The van der Waals surface area contributed by atoms with E-state index in [4.69, 9.17) is 0 Å². The van der Waals surface area contributed by atoms with Gasteiger partial charge in [-0.3, -0.25) is 13.9 Å². The van der Waals surface area contributed by atoms with Crippen LogP contribution in [-0.4, -0.2) is 57.1 Å². The number of nitrogens with zero attached hydrogens (tertiary/aromatic N) is 4. The molecule has 25 heavy (non-hydrogen) atoms. The first-order chi connectivity index (χ1) is 12.1. The van der Waals surface area contributed by atoms with E-state index in [9.17, 15) is 9.59 Å². The van der Waals surface area contributed by atoms with Crippen LogP contribution in [0.15, 0.2) is 29.1 Å². The van der Waals surface area contributed by atoms with Crippen LogP contribution < -0.4 is 5.69 Å². The number of aryl methyl sites for hydroxylation is 1. The number of hydrogen-bond acceptors (Lipinski definition) is 3. The standard InChI is InChI=1S/C19H26N4O2/c1-20-11-5-9-14(20)16-10-6-12-22(16)18(24)13-23-17-8-4-3-7-15(17)21(2)19(23)25/h3-4,7-8,14,16H,5-6,9-13H2,1-2H3/t14-,16+/m0/s1. The number of carbonyl (C=O) groups excluding carboxylic acids is 1. The Bertz CT molecular complexity index is 853. The molecule has 0 unspecified atom stereocenters. The molecule has 2 atom stereocenters. The van der Waals surface area contributed by atoms with E-state index in [1.807, 2.05) is 29.2 Å². The average Bonchev–Trinajstić information content (AvgIpc) is 3.30. The van der Waals surface area contributed by atoms with Gasteiger partial charge in [0.25, 0.3) is 0 Å². The van der Waals surface area contributed by atoms with Gasteiger partial charge in [-0.15, -0.1) is 0 Å². The lowest BCUT2D eigenvalue weighted by molar-refractivity contribution is -0.133. The molecule has 2 aliphatic heterocycles. The van der Waals surface area contributed by atoms with Gasteiger partial charge in [-0.05, 0) is 51.4 Å². The van der Waals surface area contributed by atoms with Gasteiger partial charge in [0.1, 0.15) is 6.54 Å². The third-order valence-corrected chi connectivity index (χ3v) is 5.99. The minimum Gasteiger partial charge on any atom is -0.337 e. The highest BCUT2D eigenvalue weighted by atomic mass is 16.2. The van der Waals surface area contributed by atoms with Crippen molar-refractivity contribution in [2.24, 2.45) is 7.05 Å². The van der Waals surface area contributed by atoms with Crippen molar-refractivity contribution in [3.63, 3.8) is 0 Å². The smallest absolute Gasteiger partial charge is 0.329 e. The van der Waals surface area contributed by atoms with Crippen LogP contribution in [0.25, 0.3) is 11.0 Å². The zero-order valence-electron chi connectivity index (χ0n) is 15.0. The molecule has 0 spiro atoms. The molecule has 0 saturated carbocycles. The number of imidazole rings is 1. The minimum absolute atomic E-state index is 0.0706. The highest BCUT2D eigenvalue weighted by molar-refractivity contribution is 5.81. The fourth-order valence-corrected chi connectivity index (χ4v) is 4.67. The summed E-state index contributed by atoms with van der Waals surface area (Å²) < 4.78 is 3.24. The summed E-state index contributed by atoms with van der Waals surface area (Å²) in [5, 5.41) is 0. The van der Waals surface area contributed by atoms with Crippen LogP contribution in [0.5, 0.6) is 0 Å². The maximum absolute atomic E-state index is 13.0. The molecule has 2 saturated heterocycles. The second-order valence-electron chi connectivity index (χ2n) is 7.40. The highest BCUT2D eigenvalue weighted by Crippen LogP contribution is 2.29. The molecule has 6 heteroatoms. The van der Waals surface area contributed by atoms with Crippen molar-refractivity contribution in [3.05, 3.63) is 34.7 Å². The van der Waals surface area contributed by atoms with Crippen molar-refractivity contribution in [2.75, 3.05) is 20.1 Å². The maximum atomic E-state index is 13.0. The van der Waals surface area contributed by atoms with Gasteiger partial charge in [0.05, 0.1) is 11.0 Å². The van der Waals surface area contributed by atoms with Crippen LogP contribution in [0.1, 0.15) is 25.7 Å². The van der Waals surface area contributed by atoms with Gasteiger partial charge < -0.3 is 9.80 Å². The maximum Gasteiger partial charge on any atom is 0.329 e. The number of likely N-dealkylation sites (tertiary alicyclic amines) is 2. The normalized spacial score (nSPS) is 24.5. The van der Waals surface area contributed by atoms with Crippen molar-refractivity contribution in [1.82, 2.24) is 18.9 Å². The van der Waals surface area contributed by atoms with Crippen LogP contribution >= 0.6 is 0 Å². The van der Waals surface area contributed by atoms with E-state index in [0.29, 0.717) is 12.1 Å². The lowest BCUT2D eigenvalue weighted by atomic mass is 10.0. The summed E-state index contributed by atoms with van der Waals surface area (Å²) >= 11 is 0. The van der Waals surface area contributed by atoms with Crippen molar-refractivity contribution < 1.29 is 4.79 Å². The number of aromatic nitrogens is 2. The largest absolute Gasteiger partial charge is 0.337 e. The second kappa shape index (κ2) is 6.33. The van der Waals surface area contributed by atoms with E-state index >= 15 is 0 Å². The molecule has 0 aliphatic carbocycles. The van der Waals surface area contributed by atoms with Gasteiger partial charge in [0.15, 0.2) is 0 Å². The van der Waals surface area contributed by atoms with Gasteiger partial charge in [0, 0.05) is 25.7 Å². The average molecular weight is 342 g/mol. The van der Waals surface area contributed by atoms with Crippen LogP contribution in [0.2, 0.25) is 0 Å². The molecule has 134 valence electrons. The summed E-state index contributed by atoms with van der Waals surface area (Å²) in [5.74, 6) is 0.0706. The predicted octanol–water partition coefficient (Wildman–Crippen LogP) is 1.43. The van der Waals surface area contributed by atoms with E-state index in [-0.39, 0.29) is 18.1 Å². The van der Waals surface area contributed by atoms with Gasteiger partial charge >= 0.3 is 5.69 Å². The van der Waals surface area contributed by atoms with E-state index in [1.54, 1.807) is 16.2 Å². The van der Waals surface area contributed by atoms with E-state index in [0.717, 1.165) is 37.0 Å². The quantitative estimate of drug-likeness (QED) is 0.848. The van der Waals surface area contributed by atoms with Crippen LogP contribution in [0, 0.1) is 0 Å². The molecule has 2 aromatic rings. The summed E-state index contributed by atoms with van der Waals surface area (Å²) in [6.07, 6.45) is 4.51. The highest BCUT2D eigenvalue weighted by Gasteiger charge is 2.38. The van der Waals surface area contributed by atoms with Crippen LogP contribution in [0.4, 0.5) is 0 Å². The molecule has 0 radical (unpaired) electrons. The number of likely N-dealkylation sites (N-methyl/N-ethyl adjacent to an activating group) is 1. The Balaban J connectivity index is 1.60. The SMILES string of the molecule is CN1CCC[C@H]1[C@H]1CCCN1C(=O)Cn1c(=O)n(C)c2ccccc21. The first-order valence-corrected chi connectivity index (χ1v) is 9.22. The monoisotopic (exact) mass is 342 g/mol. The van der Waals surface area contributed by atoms with Gasteiger partial charge in [-0.2, -0.15) is 0 Å². The van der Waals surface area contributed by atoms with E-state index in [1.165, 1.54) is 12.8 Å². The van der Waals surface area contributed by atoms with Crippen molar-refractivity contribution in [2.45, 2.75) is 44.3 Å². The lowest BCUT2D eigenvalue weighted by Crippen LogP contribution is -2.48. The molecular formula is C19H26N4O2. The molecule has 6 nitrogen and oxygen atoms in total. The molecule has 2 aliphatic rings. The van der Waals surface area contributed by atoms with Crippen molar-refractivity contribution in [1.29, 1.82) is 0 Å². The Kier molecular flexibility index (Phi) is 4.15. The number of para-hydroxylation sites is 2. The Morgan fingerprint density at radius 2 is 1.72 bits per heavy atom. The molecule has 1 amide bonds. The summed E-state index contributed by atoms with van der Waals surface area (Å²) in [6, 6.07) is 8.43. The predicted molar refractivity (Wildman–Crippen MR) is 97.6 cm³/mol. The topological polar surface area (TPSA) is 50.5 Å². The van der Waals surface area contributed by atoms with Gasteiger partial charge in [0.2, 0.25) is 5.91 Å². The second-order valence-corrected chi connectivity index (χ2v) is 7.40. The first kappa shape index (κ1) is 16.4. The number of amides is 1. The Morgan fingerprint density at radius 1 is 1.04 bits per heavy atom. The third-order valence-electron chi connectivity index (χ3n) is 5.99. The number of fused-ring (bicyclic) bond motifs is 1. The Morgan fingerprint density at radius 3 is 2.44 bits per heavy atom. The fraction of sp³-hybridized carbons (Fsp3) is 0.579. The van der Waals surface area contributed by atoms with Crippen molar-refractivity contribution in [3.8, 4) is 0 Å². The van der Waals surface area contributed by atoms with Crippen LogP contribution in [0.3, 0.4) is 0 Å². The number of carbonyl (C=O) groups is 1. The third kappa shape index (κ3) is 2.68. The number of hydrogen-bond donors (Lipinski definition) is 0. The fourth-order valence-electron chi connectivity index (χ4n) is 4.67. The van der Waals surface area contributed by atoms with Gasteiger partial charge in [-0.1, -0.05) is 12.1 Å². The van der Waals surface area contributed by atoms with E-state index in [2.05, 4.69) is 11.9 Å². The molecule has 1 aromatic carbocycles. The molecule has 4 rings (SSSR count). The lowest BCUT2D eigenvalue weighted by Gasteiger charge is -2.33. The Hall–Kier alpha value is -2.08.